The summed E-state index contributed by atoms with van der Waals surface area (Å²) in [5.74, 6) is -12.9. The van der Waals surface area contributed by atoms with Crippen LogP contribution in [-0.2, 0) is 119 Å². The third-order valence-corrected chi connectivity index (χ3v) is 12.3. The van der Waals surface area contributed by atoms with Crippen molar-refractivity contribution in [3.63, 3.8) is 0 Å². The van der Waals surface area contributed by atoms with Crippen molar-refractivity contribution < 1.29 is 124 Å². The Morgan fingerprint density at radius 2 is 1.24 bits per heavy atom. The predicted molar refractivity (Wildman–Crippen MR) is 237 cm³/mol. The summed E-state index contributed by atoms with van der Waals surface area (Å²) in [5, 5.41) is 14.7. The number of hydrogen-bond acceptors (Lipinski definition) is 26. The standard InChI is InChI=1S/C44H67NO26Si/c1-20(46)45-33-29(62-23(4)49)16-44(43(56)57-10,70-37(33)35(64-25(6)51)31(63-24(5)50)18-60-22(3)48)71-38-34(55)30(17-59-21(2)47)68-42(40(38)67-28(9)54)69-32-19-61-41(58-14-15-72(11,12)13)39(66-27(8)53)36(32)65-26(7)52/h29-42,55H,14-19H2,1-13H3,(H,45,46)/t29-,30+,31+,32+,33+,34-,35+,36-,37+,38-,39+,40+,41+,42-,44-/m0/s1. The normalized spacial score (nSPS) is 30.1. The van der Waals surface area contributed by atoms with Gasteiger partial charge in [0, 0.05) is 77.0 Å². The van der Waals surface area contributed by atoms with E-state index < -0.39 is 185 Å². The number of aliphatic hydroxyl groups is 1. The van der Waals surface area contributed by atoms with E-state index in [1.165, 1.54) is 0 Å². The van der Waals surface area contributed by atoms with Crippen molar-refractivity contribution in [1.82, 2.24) is 5.32 Å². The lowest BCUT2D eigenvalue weighted by molar-refractivity contribution is -0.381. The molecule has 0 spiro atoms. The lowest BCUT2D eigenvalue weighted by Gasteiger charge is -2.51. The van der Waals surface area contributed by atoms with Gasteiger partial charge in [-0.15, -0.1) is 0 Å². The molecule has 0 aromatic rings. The number of methoxy groups -OCH3 is 1. The molecule has 408 valence electrons. The van der Waals surface area contributed by atoms with E-state index in [0.717, 1.165) is 69.4 Å². The second-order valence-electron chi connectivity index (χ2n) is 18.1. The summed E-state index contributed by atoms with van der Waals surface area (Å²) in [7, 11) is -0.801. The second-order valence-corrected chi connectivity index (χ2v) is 23.7. The quantitative estimate of drug-likeness (QED) is 0.0779. The molecule has 1 amide bonds. The van der Waals surface area contributed by atoms with Gasteiger partial charge in [0.1, 0.15) is 49.8 Å². The van der Waals surface area contributed by atoms with Crippen LogP contribution in [0.15, 0.2) is 0 Å². The molecule has 3 aliphatic rings. The van der Waals surface area contributed by atoms with Crippen LogP contribution in [0.3, 0.4) is 0 Å². The average Bonchev–Trinajstić information content (AvgIpc) is 3.24. The van der Waals surface area contributed by atoms with Gasteiger partial charge in [0.2, 0.25) is 5.91 Å². The van der Waals surface area contributed by atoms with Gasteiger partial charge < -0.3 is 81.5 Å². The van der Waals surface area contributed by atoms with E-state index in [0.29, 0.717) is 6.04 Å². The van der Waals surface area contributed by atoms with Crippen LogP contribution in [0, 0.1) is 0 Å². The number of rotatable bonds is 22. The Hall–Kier alpha value is -5.36. The molecule has 3 fully saturated rings. The molecule has 0 saturated carbocycles. The lowest BCUT2D eigenvalue weighted by Crippen LogP contribution is -2.72. The van der Waals surface area contributed by atoms with E-state index in [4.69, 9.17) is 71.1 Å². The molecule has 0 aromatic carbocycles. The first-order valence-corrected chi connectivity index (χ1v) is 26.4. The van der Waals surface area contributed by atoms with E-state index in [1.807, 2.05) is 0 Å². The summed E-state index contributed by atoms with van der Waals surface area (Å²) >= 11 is 0. The topological polar surface area (TPSA) is 341 Å². The molecule has 3 aliphatic heterocycles. The summed E-state index contributed by atoms with van der Waals surface area (Å²) in [4.78, 5) is 128. The maximum absolute atomic E-state index is 14.4. The SMILES string of the molecule is COC(=O)[C@@]1(O[C@H]2[C@@H](O)[C@@H](COC(C)=O)O[C@@H](O[C@@H]3CO[C@@H](OCC[Si](C)(C)C)[C@H](OC(C)=O)[C@H]3OC(C)=O)[C@@H]2OC(C)=O)C[C@H](OC(C)=O)[C@@H](NC(C)=O)[C@H]([C@H](OC(C)=O)[C@@H](COC(C)=O)OC(C)=O)O1. The fraction of sp³-hybridized carbons (Fsp3) is 0.773. The maximum Gasteiger partial charge on any atom is 0.366 e. The van der Waals surface area contributed by atoms with Crippen LogP contribution in [0.4, 0.5) is 0 Å². The van der Waals surface area contributed by atoms with Crippen LogP contribution in [0.25, 0.3) is 0 Å². The third-order valence-electron chi connectivity index (χ3n) is 10.6. The molecule has 3 heterocycles. The average molecular weight is 1050 g/mol. The Balaban J connectivity index is 2.33. The van der Waals surface area contributed by atoms with Crippen molar-refractivity contribution in [3.05, 3.63) is 0 Å². The molecule has 0 unspecified atom stereocenters. The number of carbonyl (C=O) groups excluding carboxylic acids is 10. The Morgan fingerprint density at radius 3 is 1.74 bits per heavy atom. The molecular weight excluding hydrogens is 987 g/mol. The zero-order valence-electron chi connectivity index (χ0n) is 42.5. The second kappa shape index (κ2) is 27.1. The monoisotopic (exact) mass is 1050 g/mol. The van der Waals surface area contributed by atoms with E-state index >= 15 is 0 Å². The van der Waals surface area contributed by atoms with E-state index in [9.17, 15) is 53.1 Å². The van der Waals surface area contributed by atoms with Gasteiger partial charge in [-0.2, -0.15) is 0 Å². The molecule has 2 N–H and O–H groups in total. The van der Waals surface area contributed by atoms with Gasteiger partial charge in [0.15, 0.2) is 43.1 Å². The number of amides is 1. The smallest absolute Gasteiger partial charge is 0.366 e. The molecule has 27 nitrogen and oxygen atoms in total. The van der Waals surface area contributed by atoms with Gasteiger partial charge >= 0.3 is 53.7 Å². The van der Waals surface area contributed by atoms with Crippen molar-refractivity contribution in [3.8, 4) is 0 Å². The molecule has 3 rings (SSSR count). The first-order chi connectivity index (χ1) is 33.5. The van der Waals surface area contributed by atoms with Crippen molar-refractivity contribution >= 4 is 67.7 Å². The minimum absolute atomic E-state index is 0.165. The van der Waals surface area contributed by atoms with Crippen LogP contribution in [0.2, 0.25) is 25.7 Å². The van der Waals surface area contributed by atoms with E-state index in [1.54, 1.807) is 0 Å². The van der Waals surface area contributed by atoms with Gasteiger partial charge in [0.25, 0.3) is 5.79 Å². The number of hydrogen-bond donors (Lipinski definition) is 2. The van der Waals surface area contributed by atoms with Crippen molar-refractivity contribution in [2.24, 2.45) is 0 Å². The predicted octanol–water partition coefficient (Wildman–Crippen LogP) is -0.567. The number of esters is 9. The molecule has 0 aromatic heterocycles. The molecule has 28 heteroatoms. The van der Waals surface area contributed by atoms with Crippen LogP contribution in [-0.4, -0.2) is 198 Å². The highest BCUT2D eigenvalue weighted by Gasteiger charge is 2.63. The fourth-order valence-electron chi connectivity index (χ4n) is 7.84. The zero-order chi connectivity index (χ0) is 54.4. The number of carbonyl (C=O) groups is 10. The molecule has 72 heavy (non-hydrogen) atoms. The molecule has 0 aliphatic carbocycles. The first kappa shape index (κ1) is 60.9. The molecular formula is C44H67NO26Si. The van der Waals surface area contributed by atoms with Gasteiger partial charge in [-0.1, -0.05) is 19.6 Å². The Labute approximate surface area is 415 Å². The summed E-state index contributed by atoms with van der Waals surface area (Å²) < 4.78 is 86.3. The van der Waals surface area contributed by atoms with Crippen LogP contribution < -0.4 is 5.32 Å². The highest BCUT2D eigenvalue weighted by Crippen LogP contribution is 2.41. The van der Waals surface area contributed by atoms with Crippen molar-refractivity contribution in [1.29, 1.82) is 0 Å². The lowest BCUT2D eigenvalue weighted by atomic mass is 9.87. The minimum Gasteiger partial charge on any atom is -0.465 e. The maximum atomic E-state index is 14.4. The number of nitrogens with one attached hydrogen (secondary N) is 1. The van der Waals surface area contributed by atoms with E-state index in [2.05, 4.69) is 25.0 Å². The fourth-order valence-corrected chi connectivity index (χ4v) is 8.57. The Morgan fingerprint density at radius 1 is 0.681 bits per heavy atom. The summed E-state index contributed by atoms with van der Waals surface area (Å²) in [6.07, 6.45) is -24.3. The van der Waals surface area contributed by atoms with Gasteiger partial charge in [0.05, 0.1) is 26.2 Å². The zero-order valence-corrected chi connectivity index (χ0v) is 43.5. The minimum atomic E-state index is -3.03. The highest BCUT2D eigenvalue weighted by atomic mass is 28.3. The number of ether oxygens (including phenoxy) is 15. The van der Waals surface area contributed by atoms with Gasteiger partial charge in [-0.05, 0) is 6.04 Å². The number of aliphatic hydroxyl groups excluding tert-OH is 1. The van der Waals surface area contributed by atoms with E-state index in [-0.39, 0.29) is 6.61 Å². The van der Waals surface area contributed by atoms with Crippen molar-refractivity contribution in [2.45, 2.75) is 186 Å². The summed E-state index contributed by atoms with van der Waals surface area (Å²) in [5.41, 5.74) is 0. The first-order valence-electron chi connectivity index (χ1n) is 22.7. The van der Waals surface area contributed by atoms with Crippen molar-refractivity contribution in [2.75, 3.05) is 33.5 Å². The molecule has 0 radical (unpaired) electrons. The van der Waals surface area contributed by atoms with Crippen LogP contribution >= 0.6 is 0 Å². The van der Waals surface area contributed by atoms with Crippen LogP contribution in [0.1, 0.15) is 68.7 Å². The molecule has 15 atom stereocenters. The van der Waals surface area contributed by atoms with Gasteiger partial charge in [-0.3, -0.25) is 43.2 Å². The largest absolute Gasteiger partial charge is 0.465 e. The summed E-state index contributed by atoms with van der Waals surface area (Å²) in [6.45, 7) is 13.4. The third kappa shape index (κ3) is 18.3. The Bertz CT molecular complexity index is 1960. The van der Waals surface area contributed by atoms with Crippen LogP contribution in [0.5, 0.6) is 0 Å². The highest BCUT2D eigenvalue weighted by molar-refractivity contribution is 6.76. The Kier molecular flexibility index (Phi) is 22.9. The summed E-state index contributed by atoms with van der Waals surface area (Å²) in [6, 6.07) is -0.980. The van der Waals surface area contributed by atoms with Gasteiger partial charge in [-0.25, -0.2) is 4.79 Å². The molecule has 3 saturated heterocycles. The molecule has 0 bridgehead atoms.